The molecule has 0 N–H and O–H groups in total. The predicted molar refractivity (Wildman–Crippen MR) is 117 cm³/mol. The summed E-state index contributed by atoms with van der Waals surface area (Å²) in [4.78, 5) is 29.6. The van der Waals surface area contributed by atoms with Gasteiger partial charge >= 0.3 is 0 Å². The molecule has 5 nitrogen and oxygen atoms in total. The molecule has 158 valence electrons. The quantitative estimate of drug-likeness (QED) is 0.726. The van der Waals surface area contributed by atoms with Gasteiger partial charge in [0, 0.05) is 37.1 Å². The zero-order valence-corrected chi connectivity index (χ0v) is 18.1. The number of halogens is 1. The van der Waals surface area contributed by atoms with E-state index >= 15 is 0 Å². The van der Waals surface area contributed by atoms with Gasteiger partial charge in [0.15, 0.2) is 5.60 Å². The Morgan fingerprint density at radius 1 is 0.933 bits per heavy atom. The summed E-state index contributed by atoms with van der Waals surface area (Å²) in [5.74, 6) is 1.17. The Kier molecular flexibility index (Phi) is 5.74. The van der Waals surface area contributed by atoms with E-state index in [0.29, 0.717) is 42.9 Å². The van der Waals surface area contributed by atoms with Gasteiger partial charge < -0.3 is 14.5 Å². The molecule has 2 fully saturated rings. The summed E-state index contributed by atoms with van der Waals surface area (Å²) in [5, 5.41) is 0.623. The minimum Gasteiger partial charge on any atom is -0.478 e. The van der Waals surface area contributed by atoms with E-state index in [1.807, 2.05) is 23.1 Å². The summed E-state index contributed by atoms with van der Waals surface area (Å²) < 4.78 is 5.93. The van der Waals surface area contributed by atoms with Crippen molar-refractivity contribution in [2.45, 2.75) is 31.8 Å². The fourth-order valence-corrected chi connectivity index (χ4v) is 4.25. The Labute approximate surface area is 182 Å². The van der Waals surface area contributed by atoms with E-state index in [0.717, 1.165) is 6.42 Å². The van der Waals surface area contributed by atoms with Crippen LogP contribution in [0, 0.1) is 5.92 Å². The summed E-state index contributed by atoms with van der Waals surface area (Å²) in [6, 6.07) is 17.2. The second-order valence-electron chi connectivity index (χ2n) is 8.54. The zero-order chi connectivity index (χ0) is 21.3. The summed E-state index contributed by atoms with van der Waals surface area (Å²) in [7, 11) is 0. The number of amides is 2. The molecule has 2 aromatic carbocycles. The molecule has 0 radical (unpaired) electrons. The van der Waals surface area contributed by atoms with E-state index in [1.165, 1.54) is 5.56 Å². The first-order chi connectivity index (χ1) is 14.3. The molecule has 1 aliphatic heterocycles. The third-order valence-corrected chi connectivity index (χ3v) is 6.17. The molecule has 1 aliphatic carbocycles. The second kappa shape index (κ2) is 8.31. The SMILES string of the molecule is CC(C)(Oc1ccc(Cl)cc1)C(=O)N1CCN(C(=O)C2CC2c2ccccc2)CC1. The summed E-state index contributed by atoms with van der Waals surface area (Å²) >= 11 is 5.91. The van der Waals surface area contributed by atoms with Crippen LogP contribution in [0.1, 0.15) is 31.7 Å². The van der Waals surface area contributed by atoms with Crippen molar-refractivity contribution in [3.8, 4) is 5.75 Å². The average molecular weight is 427 g/mol. The van der Waals surface area contributed by atoms with Crippen LogP contribution in [-0.4, -0.2) is 53.4 Å². The maximum Gasteiger partial charge on any atom is 0.266 e. The van der Waals surface area contributed by atoms with Crippen LogP contribution >= 0.6 is 11.6 Å². The second-order valence-corrected chi connectivity index (χ2v) is 8.98. The van der Waals surface area contributed by atoms with Crippen LogP contribution in [-0.2, 0) is 9.59 Å². The third kappa shape index (κ3) is 4.46. The minimum absolute atomic E-state index is 0.0712. The van der Waals surface area contributed by atoms with Crippen LogP contribution in [0.15, 0.2) is 54.6 Å². The van der Waals surface area contributed by atoms with Crippen LogP contribution in [0.25, 0.3) is 0 Å². The van der Waals surface area contributed by atoms with Crippen molar-refractivity contribution in [3.05, 3.63) is 65.2 Å². The van der Waals surface area contributed by atoms with Gasteiger partial charge in [-0.3, -0.25) is 9.59 Å². The molecule has 1 heterocycles. The van der Waals surface area contributed by atoms with Gasteiger partial charge in [-0.25, -0.2) is 0 Å². The van der Waals surface area contributed by atoms with Gasteiger partial charge in [0.25, 0.3) is 5.91 Å². The van der Waals surface area contributed by atoms with Crippen LogP contribution in [0.5, 0.6) is 5.75 Å². The Bertz CT molecular complexity index is 906. The van der Waals surface area contributed by atoms with Crippen molar-refractivity contribution in [1.82, 2.24) is 9.80 Å². The smallest absolute Gasteiger partial charge is 0.266 e. The highest BCUT2D eigenvalue weighted by molar-refractivity contribution is 6.30. The average Bonchev–Trinajstić information content (AvgIpc) is 3.56. The van der Waals surface area contributed by atoms with E-state index in [9.17, 15) is 9.59 Å². The summed E-state index contributed by atoms with van der Waals surface area (Å²) in [5.41, 5.74) is 0.250. The van der Waals surface area contributed by atoms with Crippen molar-refractivity contribution in [3.63, 3.8) is 0 Å². The van der Waals surface area contributed by atoms with Gasteiger partial charge in [0.1, 0.15) is 5.75 Å². The fraction of sp³-hybridized carbons (Fsp3) is 0.417. The number of ether oxygens (including phenoxy) is 1. The number of carbonyl (C=O) groups excluding carboxylic acids is 2. The molecule has 2 amide bonds. The molecule has 6 heteroatoms. The lowest BCUT2D eigenvalue weighted by Gasteiger charge is -2.38. The molecule has 30 heavy (non-hydrogen) atoms. The molecular formula is C24H27ClN2O3. The lowest BCUT2D eigenvalue weighted by molar-refractivity contribution is -0.150. The highest BCUT2D eigenvalue weighted by Gasteiger charge is 2.46. The number of hydrogen-bond acceptors (Lipinski definition) is 3. The van der Waals surface area contributed by atoms with Crippen LogP contribution in [0.4, 0.5) is 0 Å². The Balaban J connectivity index is 1.30. The number of rotatable bonds is 5. The van der Waals surface area contributed by atoms with E-state index in [-0.39, 0.29) is 17.7 Å². The zero-order valence-electron chi connectivity index (χ0n) is 17.4. The molecule has 2 unspecified atom stereocenters. The summed E-state index contributed by atoms with van der Waals surface area (Å²) in [6.07, 6.45) is 0.921. The molecule has 0 aromatic heterocycles. The van der Waals surface area contributed by atoms with Crippen molar-refractivity contribution < 1.29 is 14.3 Å². The first-order valence-corrected chi connectivity index (χ1v) is 10.8. The van der Waals surface area contributed by atoms with Gasteiger partial charge in [0.2, 0.25) is 5.91 Å². The van der Waals surface area contributed by atoms with Crippen molar-refractivity contribution >= 4 is 23.4 Å². The van der Waals surface area contributed by atoms with Gasteiger partial charge in [-0.1, -0.05) is 41.9 Å². The maximum absolute atomic E-state index is 13.0. The van der Waals surface area contributed by atoms with Gasteiger partial charge in [-0.15, -0.1) is 0 Å². The van der Waals surface area contributed by atoms with E-state index < -0.39 is 5.60 Å². The highest BCUT2D eigenvalue weighted by atomic mass is 35.5. The van der Waals surface area contributed by atoms with E-state index in [1.54, 1.807) is 43.0 Å². The number of benzene rings is 2. The number of carbonyl (C=O) groups is 2. The lowest BCUT2D eigenvalue weighted by atomic mass is 10.1. The Morgan fingerprint density at radius 2 is 1.53 bits per heavy atom. The third-order valence-electron chi connectivity index (χ3n) is 5.92. The van der Waals surface area contributed by atoms with Crippen LogP contribution < -0.4 is 4.74 Å². The van der Waals surface area contributed by atoms with Crippen molar-refractivity contribution in [1.29, 1.82) is 0 Å². The maximum atomic E-state index is 13.0. The topological polar surface area (TPSA) is 49.9 Å². The molecule has 2 aromatic rings. The van der Waals surface area contributed by atoms with E-state index in [2.05, 4.69) is 12.1 Å². The minimum atomic E-state index is -0.991. The number of hydrogen-bond donors (Lipinski definition) is 0. The molecule has 2 atom stereocenters. The number of piperazine rings is 1. The Hall–Kier alpha value is -2.53. The first-order valence-electron chi connectivity index (χ1n) is 10.4. The fourth-order valence-electron chi connectivity index (χ4n) is 4.12. The predicted octanol–water partition coefficient (Wildman–Crippen LogP) is 3.97. The lowest BCUT2D eigenvalue weighted by Crippen LogP contribution is -2.56. The van der Waals surface area contributed by atoms with Gasteiger partial charge in [-0.2, -0.15) is 0 Å². The first kappa shape index (κ1) is 20.7. The highest BCUT2D eigenvalue weighted by Crippen LogP contribution is 2.48. The molecular weight excluding hydrogens is 400 g/mol. The summed E-state index contributed by atoms with van der Waals surface area (Å²) in [6.45, 7) is 5.74. The largest absolute Gasteiger partial charge is 0.478 e. The molecule has 1 saturated heterocycles. The number of nitrogens with zero attached hydrogens (tertiary/aromatic N) is 2. The molecule has 2 aliphatic rings. The monoisotopic (exact) mass is 426 g/mol. The van der Waals surface area contributed by atoms with Crippen LogP contribution in [0.2, 0.25) is 5.02 Å². The normalized spacial score (nSPS) is 21.3. The molecule has 0 bridgehead atoms. The van der Waals surface area contributed by atoms with Gasteiger partial charge in [0.05, 0.1) is 0 Å². The molecule has 0 spiro atoms. The Morgan fingerprint density at radius 3 is 2.17 bits per heavy atom. The van der Waals surface area contributed by atoms with Gasteiger partial charge in [-0.05, 0) is 56.0 Å². The van der Waals surface area contributed by atoms with E-state index in [4.69, 9.17) is 16.3 Å². The van der Waals surface area contributed by atoms with Crippen molar-refractivity contribution in [2.24, 2.45) is 5.92 Å². The van der Waals surface area contributed by atoms with Crippen molar-refractivity contribution in [2.75, 3.05) is 26.2 Å². The standard InChI is InChI=1S/C24H27ClN2O3/c1-24(2,30-19-10-8-18(25)9-11-19)23(29)27-14-12-26(13-15-27)22(28)21-16-20(21)17-6-4-3-5-7-17/h3-11,20-21H,12-16H2,1-2H3. The molecule has 4 rings (SSSR count). The van der Waals surface area contributed by atoms with Crippen LogP contribution in [0.3, 0.4) is 0 Å². The molecule has 1 saturated carbocycles.